The lowest BCUT2D eigenvalue weighted by Gasteiger charge is -2.12. The number of hydrogen-bond acceptors (Lipinski definition) is 0. The minimum Gasteiger partial charge on any atom is -0.309 e. The number of hydrogen-bond donors (Lipinski definition) is 0. The maximum absolute atomic E-state index is 2.45. The summed E-state index contributed by atoms with van der Waals surface area (Å²) in [5.74, 6) is 0. The Kier molecular flexibility index (Phi) is 5.14. The first-order valence-electron chi connectivity index (χ1n) is 16.6. The molecule has 11 rings (SSSR count). The lowest BCUT2D eigenvalue weighted by molar-refractivity contribution is 1.18. The molecule has 0 unspecified atom stereocenters. The number of rotatable bonds is 3. The number of aromatic nitrogens is 2. The van der Waals surface area contributed by atoms with Crippen LogP contribution in [0.15, 0.2) is 170 Å². The Bertz CT molecular complexity index is 2940. The zero-order valence-corrected chi connectivity index (χ0v) is 26.1. The summed E-state index contributed by atoms with van der Waals surface area (Å²) in [7, 11) is 0. The van der Waals surface area contributed by atoms with Crippen LogP contribution in [-0.4, -0.2) is 9.13 Å². The summed E-state index contributed by atoms with van der Waals surface area (Å²) in [6.07, 6.45) is 0. The first-order chi connectivity index (χ1) is 23.8. The lowest BCUT2D eigenvalue weighted by Crippen LogP contribution is -1.95. The van der Waals surface area contributed by atoms with Gasteiger partial charge in [0.2, 0.25) is 0 Å². The van der Waals surface area contributed by atoms with Crippen molar-refractivity contribution < 1.29 is 0 Å². The molecule has 0 bridgehead atoms. The van der Waals surface area contributed by atoms with Crippen LogP contribution in [0.4, 0.5) is 0 Å². The molecule has 2 heterocycles. The first kappa shape index (κ1) is 25.8. The molecule has 0 amide bonds. The van der Waals surface area contributed by atoms with Gasteiger partial charge >= 0.3 is 0 Å². The normalized spacial score (nSPS) is 12.2. The van der Waals surface area contributed by atoms with Gasteiger partial charge in [-0.1, -0.05) is 115 Å². The maximum atomic E-state index is 2.45. The quantitative estimate of drug-likeness (QED) is 0.189. The predicted octanol–water partition coefficient (Wildman–Crippen LogP) is 12.3. The maximum Gasteiger partial charge on any atom is 0.0547 e. The SMILES string of the molecule is c1ccc(-n2c3ccccc3c3ccc(-c4ccc5c(c4)c4ccccc4n5-c4cc5c6c(cccc6c4)-c4ccccc4-5)cc32)cc1. The molecule has 0 aliphatic heterocycles. The molecule has 1 aliphatic carbocycles. The second-order valence-electron chi connectivity index (χ2n) is 12.9. The van der Waals surface area contributed by atoms with Crippen LogP contribution in [0.25, 0.3) is 99.1 Å². The van der Waals surface area contributed by atoms with Crippen molar-refractivity contribution in [3.05, 3.63) is 170 Å². The summed E-state index contributed by atoms with van der Waals surface area (Å²) < 4.78 is 4.85. The molecule has 0 radical (unpaired) electrons. The Labute approximate surface area is 277 Å². The Hall–Kier alpha value is -6.38. The molecule has 48 heavy (non-hydrogen) atoms. The largest absolute Gasteiger partial charge is 0.309 e. The van der Waals surface area contributed by atoms with Crippen molar-refractivity contribution >= 4 is 54.4 Å². The molecule has 2 nitrogen and oxygen atoms in total. The monoisotopic (exact) mass is 608 g/mol. The van der Waals surface area contributed by atoms with Crippen LogP contribution >= 0.6 is 0 Å². The molecule has 0 saturated carbocycles. The summed E-state index contributed by atoms with van der Waals surface area (Å²) in [6.45, 7) is 0. The highest BCUT2D eigenvalue weighted by Gasteiger charge is 2.23. The van der Waals surface area contributed by atoms with Gasteiger partial charge in [0.1, 0.15) is 0 Å². The van der Waals surface area contributed by atoms with Gasteiger partial charge in [0.05, 0.1) is 22.1 Å². The van der Waals surface area contributed by atoms with Crippen molar-refractivity contribution in [2.45, 2.75) is 0 Å². The number of para-hydroxylation sites is 3. The second-order valence-corrected chi connectivity index (χ2v) is 12.9. The molecule has 10 aromatic rings. The summed E-state index contributed by atoms with van der Waals surface area (Å²) in [4.78, 5) is 0. The predicted molar refractivity (Wildman–Crippen MR) is 202 cm³/mol. The van der Waals surface area contributed by atoms with Gasteiger partial charge in [0, 0.05) is 32.9 Å². The molecule has 1 aliphatic rings. The average molecular weight is 609 g/mol. The van der Waals surface area contributed by atoms with E-state index >= 15 is 0 Å². The van der Waals surface area contributed by atoms with Gasteiger partial charge in [-0.25, -0.2) is 0 Å². The highest BCUT2D eigenvalue weighted by Crippen LogP contribution is 2.48. The minimum absolute atomic E-state index is 1.17. The van der Waals surface area contributed by atoms with E-state index in [1.165, 1.54) is 99.1 Å². The molecule has 0 saturated heterocycles. The molecule has 2 aromatic heterocycles. The van der Waals surface area contributed by atoms with Crippen molar-refractivity contribution in [3.63, 3.8) is 0 Å². The second kappa shape index (κ2) is 9.57. The summed E-state index contributed by atoms with van der Waals surface area (Å²) in [5.41, 5.74) is 15.0. The van der Waals surface area contributed by atoms with Gasteiger partial charge < -0.3 is 9.13 Å². The fraction of sp³-hybridized carbons (Fsp3) is 0. The number of benzene rings is 8. The summed E-state index contributed by atoms with van der Waals surface area (Å²) in [6, 6.07) is 62.5. The standard InChI is InChI=1S/C46H28N2/c1-2-12-32(13-3-1)47-42-19-8-6-16-36(42)38-23-21-30(27-45(38)47)29-22-24-44-40(26-29)37-17-7-9-20-43(37)48(44)33-25-31-11-10-18-39-34-14-4-5-15-35(34)41(28-33)46(31)39/h1-28H. The lowest BCUT2D eigenvalue weighted by atomic mass is 10.0. The molecule has 222 valence electrons. The van der Waals surface area contributed by atoms with Gasteiger partial charge in [0.15, 0.2) is 0 Å². The average Bonchev–Trinajstić information content (AvgIpc) is 3.78. The number of nitrogens with zero attached hydrogens (tertiary/aromatic N) is 2. The molecular weight excluding hydrogens is 581 g/mol. The van der Waals surface area contributed by atoms with Gasteiger partial charge in [-0.3, -0.25) is 0 Å². The van der Waals surface area contributed by atoms with E-state index in [1.807, 2.05) is 0 Å². The van der Waals surface area contributed by atoms with Crippen molar-refractivity contribution in [2.24, 2.45) is 0 Å². The van der Waals surface area contributed by atoms with E-state index in [1.54, 1.807) is 0 Å². The van der Waals surface area contributed by atoms with Crippen LogP contribution in [0.2, 0.25) is 0 Å². The van der Waals surface area contributed by atoms with Gasteiger partial charge in [-0.15, -0.1) is 0 Å². The van der Waals surface area contributed by atoms with E-state index in [0.29, 0.717) is 0 Å². The van der Waals surface area contributed by atoms with E-state index in [4.69, 9.17) is 0 Å². The van der Waals surface area contributed by atoms with Crippen molar-refractivity contribution in [1.82, 2.24) is 9.13 Å². The fourth-order valence-corrected chi connectivity index (χ4v) is 8.37. The third-order valence-electron chi connectivity index (χ3n) is 10.4. The molecular formula is C46H28N2. The zero-order valence-electron chi connectivity index (χ0n) is 26.1. The topological polar surface area (TPSA) is 9.86 Å². The highest BCUT2D eigenvalue weighted by molar-refractivity contribution is 6.17. The van der Waals surface area contributed by atoms with Crippen molar-refractivity contribution in [2.75, 3.05) is 0 Å². The molecule has 2 heteroatoms. The van der Waals surface area contributed by atoms with Crippen LogP contribution in [-0.2, 0) is 0 Å². The van der Waals surface area contributed by atoms with E-state index < -0.39 is 0 Å². The van der Waals surface area contributed by atoms with Gasteiger partial charge in [-0.2, -0.15) is 0 Å². The van der Waals surface area contributed by atoms with Crippen molar-refractivity contribution in [1.29, 1.82) is 0 Å². The Morgan fingerprint density at radius 1 is 0.292 bits per heavy atom. The smallest absolute Gasteiger partial charge is 0.0547 e. The molecule has 0 spiro atoms. The molecule has 8 aromatic carbocycles. The third-order valence-corrected chi connectivity index (χ3v) is 10.4. The molecule has 0 N–H and O–H groups in total. The van der Waals surface area contributed by atoms with E-state index in [-0.39, 0.29) is 0 Å². The Balaban J connectivity index is 1.14. The third kappa shape index (κ3) is 3.46. The zero-order chi connectivity index (χ0) is 31.3. The van der Waals surface area contributed by atoms with Crippen LogP contribution in [0.3, 0.4) is 0 Å². The van der Waals surface area contributed by atoms with Crippen LogP contribution in [0.1, 0.15) is 0 Å². The van der Waals surface area contributed by atoms with E-state index in [2.05, 4.69) is 179 Å². The molecule has 0 atom stereocenters. The Morgan fingerprint density at radius 3 is 1.69 bits per heavy atom. The van der Waals surface area contributed by atoms with Crippen LogP contribution < -0.4 is 0 Å². The van der Waals surface area contributed by atoms with E-state index in [9.17, 15) is 0 Å². The minimum atomic E-state index is 1.17. The highest BCUT2D eigenvalue weighted by atomic mass is 15.0. The van der Waals surface area contributed by atoms with E-state index in [0.717, 1.165) is 0 Å². The fourth-order valence-electron chi connectivity index (χ4n) is 8.37. The summed E-state index contributed by atoms with van der Waals surface area (Å²) >= 11 is 0. The Morgan fingerprint density at radius 2 is 0.875 bits per heavy atom. The van der Waals surface area contributed by atoms with Gasteiger partial charge in [-0.05, 0) is 98.8 Å². The summed E-state index contributed by atoms with van der Waals surface area (Å²) in [5, 5.41) is 7.70. The molecule has 0 fully saturated rings. The van der Waals surface area contributed by atoms with Crippen molar-refractivity contribution in [3.8, 4) is 44.8 Å². The van der Waals surface area contributed by atoms with Crippen LogP contribution in [0.5, 0.6) is 0 Å². The van der Waals surface area contributed by atoms with Gasteiger partial charge in [0.25, 0.3) is 0 Å². The number of fused-ring (bicyclic) bond motifs is 9. The first-order valence-corrected chi connectivity index (χ1v) is 16.6. The van der Waals surface area contributed by atoms with Crippen LogP contribution in [0, 0.1) is 0 Å².